The molecule has 1 aliphatic heterocycles. The van der Waals surface area contributed by atoms with Crippen molar-refractivity contribution in [3.05, 3.63) is 188 Å². The number of hydrogen-bond acceptors (Lipinski definition) is 2. The molecule has 0 amide bonds. The van der Waals surface area contributed by atoms with Crippen molar-refractivity contribution in [2.45, 2.75) is 0 Å². The molecule has 49 heavy (non-hydrogen) atoms. The Kier molecular flexibility index (Phi) is 7.00. The third-order valence-electron chi connectivity index (χ3n) is 9.12. The van der Waals surface area contributed by atoms with Gasteiger partial charge in [-0.25, -0.2) is 4.98 Å². The molecule has 0 N–H and O–H groups in total. The number of rotatable bonds is 6. The lowest BCUT2D eigenvalue weighted by Crippen LogP contribution is -2.26. The number of imidazole rings is 1. The second-order valence-corrected chi connectivity index (χ2v) is 14.5. The maximum Gasteiger partial charge on any atom is 0.301 e. The molecule has 234 valence electrons. The summed E-state index contributed by atoms with van der Waals surface area (Å²) in [6.45, 7) is 0. The largest absolute Gasteiger partial charge is 0.301 e. The monoisotopic (exact) mass is 650 g/mol. The maximum absolute atomic E-state index is 15.9. The second kappa shape index (κ2) is 11.8. The average molecular weight is 651 g/mol. The molecule has 0 radical (unpaired) electrons. The van der Waals surface area contributed by atoms with E-state index in [0.29, 0.717) is 0 Å². The van der Waals surface area contributed by atoms with Crippen LogP contribution < -0.4 is 14.6 Å². The van der Waals surface area contributed by atoms with Crippen LogP contribution in [0.5, 0.6) is 0 Å². The van der Waals surface area contributed by atoms with Crippen molar-refractivity contribution in [3.63, 3.8) is 0 Å². The van der Waals surface area contributed by atoms with E-state index in [1.807, 2.05) is 125 Å². The van der Waals surface area contributed by atoms with E-state index in [1.165, 1.54) is 0 Å². The highest BCUT2D eigenvalue weighted by Gasteiger charge is 2.49. The zero-order chi connectivity index (χ0) is 32.8. The van der Waals surface area contributed by atoms with Gasteiger partial charge < -0.3 is 0 Å². The summed E-state index contributed by atoms with van der Waals surface area (Å²) in [7, 11) is -3.42. The summed E-state index contributed by atoms with van der Waals surface area (Å²) in [5.41, 5.74) is 9.78. The number of hydrogen-bond donors (Lipinski definition) is 0. The molecular formula is C43H31N4OP. The maximum atomic E-state index is 15.9. The van der Waals surface area contributed by atoms with Crippen molar-refractivity contribution < 1.29 is 4.57 Å². The number of anilines is 4. The van der Waals surface area contributed by atoms with Crippen LogP contribution in [-0.4, -0.2) is 9.55 Å². The highest BCUT2D eigenvalue weighted by atomic mass is 31.2. The predicted octanol–water partition coefficient (Wildman–Crippen LogP) is 11.2. The van der Waals surface area contributed by atoms with E-state index in [-0.39, 0.29) is 0 Å². The molecule has 1 aromatic heterocycles. The molecule has 0 saturated carbocycles. The molecule has 1 unspecified atom stereocenters. The molecule has 0 saturated heterocycles. The van der Waals surface area contributed by atoms with E-state index in [2.05, 4.69) is 77.4 Å². The molecular weight excluding hydrogens is 619 g/mol. The highest BCUT2D eigenvalue weighted by Crippen LogP contribution is 2.70. The summed E-state index contributed by atoms with van der Waals surface area (Å²) < 4.78 is 22.2. The van der Waals surface area contributed by atoms with Gasteiger partial charge in [0.1, 0.15) is 5.82 Å². The molecule has 9 rings (SSSR count). The quantitative estimate of drug-likeness (QED) is 0.168. The van der Waals surface area contributed by atoms with Gasteiger partial charge in [0.05, 0.1) is 27.7 Å². The zero-order valence-corrected chi connectivity index (χ0v) is 27.4. The van der Waals surface area contributed by atoms with Gasteiger partial charge in [-0.1, -0.05) is 115 Å². The van der Waals surface area contributed by atoms with Crippen molar-refractivity contribution in [3.8, 4) is 28.2 Å². The normalized spacial score (nSPS) is 15.4. The molecule has 6 heteroatoms. The summed E-state index contributed by atoms with van der Waals surface area (Å²) in [6, 6.07) is 63.6. The van der Waals surface area contributed by atoms with Crippen LogP contribution >= 0.6 is 7.44 Å². The standard InChI is InChI=1S/C43H31N4OP/c48-49(38-21-11-4-12-22-38)46(36-17-7-2-8-18-36)41-30-27-34(31-42(41)47(49)37-19-9-3-10-20-37)32-25-28-35(29-26-32)45-40-24-14-13-23-39(40)44-43(45)33-15-5-1-6-16-33/h1-31H. The van der Waals surface area contributed by atoms with Crippen LogP contribution in [0, 0.1) is 0 Å². The minimum absolute atomic E-state index is 0.770. The average Bonchev–Trinajstić information content (AvgIpc) is 3.69. The van der Waals surface area contributed by atoms with Crippen LogP contribution in [0.3, 0.4) is 0 Å². The van der Waals surface area contributed by atoms with E-state index in [0.717, 1.165) is 67.3 Å². The molecule has 8 aromatic rings. The van der Waals surface area contributed by atoms with Crippen LogP contribution in [-0.2, 0) is 4.57 Å². The Bertz CT molecular complexity index is 2460. The van der Waals surface area contributed by atoms with Gasteiger partial charge in [0.15, 0.2) is 0 Å². The van der Waals surface area contributed by atoms with E-state index in [4.69, 9.17) is 4.98 Å². The van der Waals surface area contributed by atoms with Crippen molar-refractivity contribution in [2.75, 3.05) is 9.34 Å². The molecule has 5 nitrogen and oxygen atoms in total. The van der Waals surface area contributed by atoms with Crippen molar-refractivity contribution in [1.29, 1.82) is 0 Å². The number of fused-ring (bicyclic) bond motifs is 2. The first-order valence-corrected chi connectivity index (χ1v) is 18.0. The van der Waals surface area contributed by atoms with Crippen LogP contribution in [0.1, 0.15) is 0 Å². The zero-order valence-electron chi connectivity index (χ0n) is 26.5. The van der Waals surface area contributed by atoms with Crippen LogP contribution in [0.25, 0.3) is 39.2 Å². The van der Waals surface area contributed by atoms with Crippen molar-refractivity contribution >= 4 is 46.5 Å². The van der Waals surface area contributed by atoms with Gasteiger partial charge in [-0.15, -0.1) is 0 Å². The van der Waals surface area contributed by atoms with E-state index in [9.17, 15) is 0 Å². The summed E-state index contributed by atoms with van der Waals surface area (Å²) in [5.74, 6) is 0.906. The van der Waals surface area contributed by atoms with E-state index < -0.39 is 7.44 Å². The molecule has 1 aliphatic rings. The predicted molar refractivity (Wildman–Crippen MR) is 203 cm³/mol. The van der Waals surface area contributed by atoms with Gasteiger partial charge >= 0.3 is 7.44 Å². The Morgan fingerprint density at radius 2 is 0.959 bits per heavy atom. The molecule has 0 spiro atoms. The lowest BCUT2D eigenvalue weighted by Gasteiger charge is -2.33. The van der Waals surface area contributed by atoms with Crippen LogP contribution in [0.4, 0.5) is 22.7 Å². The fraction of sp³-hybridized carbons (Fsp3) is 0. The van der Waals surface area contributed by atoms with Crippen molar-refractivity contribution in [1.82, 2.24) is 9.55 Å². The highest BCUT2D eigenvalue weighted by molar-refractivity contribution is 7.76. The number of benzene rings is 7. The number of para-hydroxylation sites is 4. The number of nitrogens with zero attached hydrogens (tertiary/aromatic N) is 4. The Labute approximate surface area is 285 Å². The fourth-order valence-corrected chi connectivity index (χ4v) is 9.89. The van der Waals surface area contributed by atoms with Gasteiger partial charge in [-0.05, 0) is 83.9 Å². The van der Waals surface area contributed by atoms with Gasteiger partial charge in [0.2, 0.25) is 0 Å². The molecule has 1 atom stereocenters. The van der Waals surface area contributed by atoms with Gasteiger partial charge in [-0.2, -0.15) is 0 Å². The summed E-state index contributed by atoms with van der Waals surface area (Å²) in [4.78, 5) is 5.01. The van der Waals surface area contributed by atoms with Gasteiger partial charge in [0, 0.05) is 22.6 Å². The topological polar surface area (TPSA) is 41.4 Å². The molecule has 0 bridgehead atoms. The van der Waals surface area contributed by atoms with E-state index in [1.54, 1.807) is 0 Å². The SMILES string of the molecule is O=P1(c2ccccc2)N(c2ccccc2)c2ccc(-c3ccc(-n4c(-c5ccccc5)nc5ccccc54)cc3)cc2N1c1ccccc1. The fourth-order valence-electron chi connectivity index (χ4n) is 6.89. The first-order valence-electron chi connectivity index (χ1n) is 16.3. The molecule has 2 heterocycles. The first kappa shape index (κ1) is 29.0. The minimum atomic E-state index is -3.42. The van der Waals surface area contributed by atoms with Gasteiger partial charge in [-0.3, -0.25) is 18.5 Å². The van der Waals surface area contributed by atoms with Crippen LogP contribution in [0.2, 0.25) is 0 Å². The Morgan fingerprint density at radius 1 is 0.429 bits per heavy atom. The minimum Gasteiger partial charge on any atom is -0.292 e. The second-order valence-electron chi connectivity index (χ2n) is 12.1. The van der Waals surface area contributed by atoms with Gasteiger partial charge in [0.25, 0.3) is 0 Å². The molecule has 0 fully saturated rings. The summed E-state index contributed by atoms with van der Waals surface area (Å²) in [6.07, 6.45) is 0. The summed E-state index contributed by atoms with van der Waals surface area (Å²) >= 11 is 0. The smallest absolute Gasteiger partial charge is 0.292 e. The summed E-state index contributed by atoms with van der Waals surface area (Å²) in [5, 5.41) is 0.770. The molecule has 7 aromatic carbocycles. The lowest BCUT2D eigenvalue weighted by atomic mass is 10.0. The van der Waals surface area contributed by atoms with E-state index >= 15 is 4.57 Å². The first-order chi connectivity index (χ1) is 24.2. The van der Waals surface area contributed by atoms with Crippen molar-refractivity contribution in [2.24, 2.45) is 0 Å². The lowest BCUT2D eigenvalue weighted by molar-refractivity contribution is 0.582. The molecule has 0 aliphatic carbocycles. The number of aromatic nitrogens is 2. The third kappa shape index (κ3) is 4.78. The Balaban J connectivity index is 1.19. The third-order valence-corrected chi connectivity index (χ3v) is 12.1. The Morgan fingerprint density at radius 3 is 1.61 bits per heavy atom. The van der Waals surface area contributed by atoms with Crippen LogP contribution in [0.15, 0.2) is 188 Å². The Hall–Kier alpha value is -6.16.